The van der Waals surface area contributed by atoms with Crippen molar-refractivity contribution in [2.24, 2.45) is 23.7 Å². The number of allylic oxidation sites excluding steroid dienone is 2. The molecule has 6 rings (SSSR count). The minimum atomic E-state index is -0.911. The Bertz CT molecular complexity index is 943. The maximum absolute atomic E-state index is 13.3. The van der Waals surface area contributed by atoms with Crippen LogP contribution in [-0.2, 0) is 20.8 Å². The monoisotopic (exact) mass is 408 g/mol. The number of hydrogen-bond donors (Lipinski definition) is 1. The molecular formula is C21H20N4O3S. The second-order valence-corrected chi connectivity index (χ2v) is 8.66. The van der Waals surface area contributed by atoms with Gasteiger partial charge in [-0.25, -0.2) is 0 Å². The van der Waals surface area contributed by atoms with E-state index in [1.54, 1.807) is 0 Å². The Morgan fingerprint density at radius 3 is 2.31 bits per heavy atom. The van der Waals surface area contributed by atoms with Gasteiger partial charge in [-0.05, 0) is 30.2 Å². The normalized spacial score (nSPS) is 28.5. The molecule has 0 radical (unpaired) electrons. The number of carbonyl (C=O) groups is 3. The predicted molar refractivity (Wildman–Crippen MR) is 107 cm³/mol. The first-order valence-corrected chi connectivity index (χ1v) is 10.7. The first kappa shape index (κ1) is 18.2. The van der Waals surface area contributed by atoms with E-state index >= 15 is 0 Å². The Morgan fingerprint density at radius 1 is 1.10 bits per heavy atom. The van der Waals surface area contributed by atoms with Gasteiger partial charge in [0.15, 0.2) is 0 Å². The highest BCUT2D eigenvalue weighted by atomic mass is 32.1. The largest absolute Gasteiger partial charge is 0.299 e. The maximum Gasteiger partial charge on any atom is 0.249 e. The van der Waals surface area contributed by atoms with Crippen LogP contribution in [0.4, 0.5) is 5.13 Å². The zero-order valence-corrected chi connectivity index (χ0v) is 16.4. The van der Waals surface area contributed by atoms with E-state index in [0.717, 1.165) is 18.4 Å². The Balaban J connectivity index is 1.48. The number of rotatable bonds is 5. The van der Waals surface area contributed by atoms with Gasteiger partial charge in [0.1, 0.15) is 11.6 Å². The fraction of sp³-hybridized carbons (Fsp3) is 0.381. The number of anilines is 1. The SMILES string of the molecule is O=C(Nc1nncs1)C(Cc1ccccc1)N1C(=O)C2C3C=CC(CC3)C2C1=O. The van der Waals surface area contributed by atoms with Crippen LogP contribution >= 0.6 is 11.3 Å². The van der Waals surface area contributed by atoms with E-state index in [0.29, 0.717) is 5.13 Å². The van der Waals surface area contributed by atoms with Gasteiger partial charge in [-0.2, -0.15) is 0 Å². The summed E-state index contributed by atoms with van der Waals surface area (Å²) in [5, 5.41) is 10.7. The number of aromatic nitrogens is 2. The van der Waals surface area contributed by atoms with Crippen molar-refractivity contribution in [3.8, 4) is 0 Å². The molecule has 3 amide bonds. The zero-order valence-electron chi connectivity index (χ0n) is 15.6. The molecule has 5 unspecified atom stereocenters. The Morgan fingerprint density at radius 2 is 1.76 bits per heavy atom. The lowest BCUT2D eigenvalue weighted by Gasteiger charge is -2.38. The van der Waals surface area contributed by atoms with E-state index in [4.69, 9.17) is 0 Å². The highest BCUT2D eigenvalue weighted by Crippen LogP contribution is 2.50. The van der Waals surface area contributed by atoms with Crippen LogP contribution < -0.4 is 5.32 Å². The number of likely N-dealkylation sites (tertiary alicyclic amines) is 1. The second kappa shape index (κ2) is 7.18. The first-order chi connectivity index (χ1) is 14.1. The van der Waals surface area contributed by atoms with Gasteiger partial charge in [0, 0.05) is 6.42 Å². The van der Waals surface area contributed by atoms with Crippen LogP contribution in [0, 0.1) is 23.7 Å². The van der Waals surface area contributed by atoms with E-state index in [1.807, 2.05) is 30.3 Å². The molecule has 1 N–H and O–H groups in total. The average Bonchev–Trinajstić information content (AvgIpc) is 3.35. The number of hydrogen-bond acceptors (Lipinski definition) is 6. The van der Waals surface area contributed by atoms with Gasteiger partial charge < -0.3 is 0 Å². The highest BCUT2D eigenvalue weighted by molar-refractivity contribution is 7.13. The summed E-state index contributed by atoms with van der Waals surface area (Å²) in [7, 11) is 0. The van der Waals surface area contributed by atoms with Gasteiger partial charge >= 0.3 is 0 Å². The first-order valence-electron chi connectivity index (χ1n) is 9.79. The predicted octanol–water partition coefficient (Wildman–Crippen LogP) is 2.29. The van der Waals surface area contributed by atoms with Crippen molar-refractivity contribution in [1.82, 2.24) is 15.1 Å². The molecule has 8 heteroatoms. The number of imide groups is 1. The number of amides is 3. The highest BCUT2D eigenvalue weighted by Gasteiger charge is 2.58. The number of benzene rings is 1. The fourth-order valence-electron chi connectivity index (χ4n) is 4.96. The topological polar surface area (TPSA) is 92.3 Å². The molecule has 0 spiro atoms. The number of fused-ring (bicyclic) bond motifs is 1. The van der Waals surface area contributed by atoms with Crippen LogP contribution in [0.5, 0.6) is 0 Å². The maximum atomic E-state index is 13.3. The molecule has 148 valence electrons. The zero-order chi connectivity index (χ0) is 20.0. The summed E-state index contributed by atoms with van der Waals surface area (Å²) in [6.07, 6.45) is 6.28. The molecule has 2 heterocycles. The van der Waals surface area contributed by atoms with Crippen LogP contribution in [-0.4, -0.2) is 38.9 Å². The minimum Gasteiger partial charge on any atom is -0.299 e. The molecule has 5 atom stereocenters. The fourth-order valence-corrected chi connectivity index (χ4v) is 5.41. The summed E-state index contributed by atoms with van der Waals surface area (Å²) in [5.74, 6) is -1.33. The third-order valence-corrected chi connectivity index (χ3v) is 6.88. The Kier molecular flexibility index (Phi) is 4.50. The molecule has 2 bridgehead atoms. The molecule has 1 saturated carbocycles. The molecule has 1 saturated heterocycles. The number of nitrogens with one attached hydrogen (secondary N) is 1. The molecule has 2 aromatic rings. The molecular weight excluding hydrogens is 388 g/mol. The third-order valence-electron chi connectivity index (χ3n) is 6.27. The minimum absolute atomic E-state index is 0.0926. The van der Waals surface area contributed by atoms with Crippen molar-refractivity contribution < 1.29 is 14.4 Å². The van der Waals surface area contributed by atoms with E-state index in [9.17, 15) is 14.4 Å². The average molecular weight is 408 g/mol. The molecule has 1 aromatic heterocycles. The summed E-state index contributed by atoms with van der Waals surface area (Å²) in [5.41, 5.74) is 2.41. The number of nitrogens with zero attached hydrogens (tertiary/aromatic N) is 3. The lowest BCUT2D eigenvalue weighted by molar-refractivity contribution is -0.146. The standard InChI is InChI=1S/C21H20N4O3S/c26-18(23-21-24-22-11-29-21)15(10-12-4-2-1-3-5-12)25-19(27)16-13-6-7-14(9-8-13)17(16)20(25)28/h1-7,11,13-17H,8-10H2,(H,23,24,26). The smallest absolute Gasteiger partial charge is 0.249 e. The summed E-state index contributed by atoms with van der Waals surface area (Å²) >= 11 is 1.20. The van der Waals surface area contributed by atoms with Gasteiger partial charge in [-0.1, -0.05) is 53.8 Å². The second-order valence-electron chi connectivity index (χ2n) is 7.83. The molecule has 3 aliphatic carbocycles. The van der Waals surface area contributed by atoms with Crippen LogP contribution in [0.2, 0.25) is 0 Å². The van der Waals surface area contributed by atoms with Crippen molar-refractivity contribution in [1.29, 1.82) is 0 Å². The van der Waals surface area contributed by atoms with Gasteiger partial charge in [0.05, 0.1) is 11.8 Å². The van der Waals surface area contributed by atoms with Gasteiger partial charge in [0.25, 0.3) is 0 Å². The lowest BCUT2D eigenvalue weighted by atomic mass is 9.63. The molecule has 1 aromatic carbocycles. The van der Waals surface area contributed by atoms with E-state index in [1.165, 1.54) is 21.7 Å². The van der Waals surface area contributed by atoms with Crippen molar-refractivity contribution >= 4 is 34.2 Å². The van der Waals surface area contributed by atoms with Crippen LogP contribution in [0.3, 0.4) is 0 Å². The summed E-state index contributed by atoms with van der Waals surface area (Å²) in [6, 6.07) is 8.54. The van der Waals surface area contributed by atoms with Crippen molar-refractivity contribution in [2.45, 2.75) is 25.3 Å². The van der Waals surface area contributed by atoms with Crippen LogP contribution in [0.1, 0.15) is 18.4 Å². The van der Waals surface area contributed by atoms with Crippen LogP contribution in [0.25, 0.3) is 0 Å². The third kappa shape index (κ3) is 3.07. The lowest BCUT2D eigenvalue weighted by Crippen LogP contribution is -2.49. The summed E-state index contributed by atoms with van der Waals surface area (Å²) in [6.45, 7) is 0. The number of carbonyl (C=O) groups excluding carboxylic acids is 3. The van der Waals surface area contributed by atoms with E-state index < -0.39 is 11.9 Å². The van der Waals surface area contributed by atoms with Gasteiger partial charge in [-0.3, -0.25) is 24.6 Å². The van der Waals surface area contributed by atoms with Crippen molar-refractivity contribution in [2.75, 3.05) is 5.32 Å². The van der Waals surface area contributed by atoms with E-state index in [2.05, 4.69) is 27.7 Å². The Hall–Kier alpha value is -2.87. The summed E-state index contributed by atoms with van der Waals surface area (Å²) < 4.78 is 0. The molecule has 4 aliphatic rings. The molecule has 29 heavy (non-hydrogen) atoms. The molecule has 7 nitrogen and oxygen atoms in total. The van der Waals surface area contributed by atoms with Gasteiger partial charge in [0.2, 0.25) is 22.9 Å². The van der Waals surface area contributed by atoms with E-state index in [-0.39, 0.29) is 41.9 Å². The van der Waals surface area contributed by atoms with Crippen molar-refractivity contribution in [3.63, 3.8) is 0 Å². The Labute approximate surface area is 171 Å². The molecule has 1 aliphatic heterocycles. The van der Waals surface area contributed by atoms with Crippen LogP contribution in [0.15, 0.2) is 48.0 Å². The molecule has 2 fully saturated rings. The quantitative estimate of drug-likeness (QED) is 0.605. The van der Waals surface area contributed by atoms with Crippen molar-refractivity contribution in [3.05, 3.63) is 53.6 Å². The van der Waals surface area contributed by atoms with Gasteiger partial charge in [-0.15, -0.1) is 10.2 Å². The summed E-state index contributed by atoms with van der Waals surface area (Å²) in [4.78, 5) is 41.1.